The minimum Gasteiger partial charge on any atom is -0.462 e. The molecule has 59 heavy (non-hydrogen) atoms. The SMILES string of the molecule is CC/C=C\C/C=C\C/C=C\C/C=C\C/C=C\C/C=C\C/C=C\C/C=C\C/C=C\CCCCCCCCCC(=O)OC(CO)COC(=O)CCCCCCC/C=C\CCC. The Morgan fingerprint density at radius 3 is 1.12 bits per heavy atom. The third-order valence-electron chi connectivity index (χ3n) is 9.47. The van der Waals surface area contributed by atoms with Gasteiger partial charge in [-0.15, -0.1) is 0 Å². The van der Waals surface area contributed by atoms with Crippen LogP contribution in [-0.2, 0) is 19.1 Å². The summed E-state index contributed by atoms with van der Waals surface area (Å²) in [5, 5.41) is 9.56. The minimum atomic E-state index is -0.787. The summed E-state index contributed by atoms with van der Waals surface area (Å²) < 4.78 is 10.6. The molecule has 1 N–H and O–H groups in total. The van der Waals surface area contributed by atoms with E-state index in [1.165, 1.54) is 44.9 Å². The molecule has 0 aliphatic carbocycles. The highest BCUT2D eigenvalue weighted by atomic mass is 16.6. The molecule has 0 aromatic rings. The van der Waals surface area contributed by atoms with E-state index in [0.29, 0.717) is 12.8 Å². The highest BCUT2D eigenvalue weighted by molar-refractivity contribution is 5.70. The van der Waals surface area contributed by atoms with Gasteiger partial charge >= 0.3 is 11.9 Å². The van der Waals surface area contributed by atoms with Gasteiger partial charge in [0, 0.05) is 12.8 Å². The topological polar surface area (TPSA) is 72.8 Å². The monoisotopic (exact) mass is 815 g/mol. The lowest BCUT2D eigenvalue weighted by Crippen LogP contribution is -2.28. The fourth-order valence-corrected chi connectivity index (χ4v) is 5.96. The van der Waals surface area contributed by atoms with Crippen LogP contribution in [-0.4, -0.2) is 36.4 Å². The summed E-state index contributed by atoms with van der Waals surface area (Å²) in [7, 11) is 0. The van der Waals surface area contributed by atoms with Crippen LogP contribution in [0.2, 0.25) is 0 Å². The zero-order valence-corrected chi connectivity index (χ0v) is 37.7. The summed E-state index contributed by atoms with van der Waals surface area (Å²) in [6.07, 6.45) is 71.5. The average molecular weight is 815 g/mol. The Bertz CT molecular complexity index is 1240. The van der Waals surface area contributed by atoms with Gasteiger partial charge in [-0.1, -0.05) is 193 Å². The summed E-state index contributed by atoms with van der Waals surface area (Å²) in [5.74, 6) is -0.627. The number of hydrogen-bond donors (Lipinski definition) is 1. The molecule has 0 bridgehead atoms. The van der Waals surface area contributed by atoms with E-state index in [1.54, 1.807) is 0 Å². The molecule has 0 aliphatic rings. The Morgan fingerprint density at radius 2 is 0.729 bits per heavy atom. The first-order valence-corrected chi connectivity index (χ1v) is 23.6. The second kappa shape index (κ2) is 48.7. The van der Waals surface area contributed by atoms with Crippen molar-refractivity contribution in [2.24, 2.45) is 0 Å². The number of ether oxygens (including phenoxy) is 2. The van der Waals surface area contributed by atoms with Crippen LogP contribution in [0.25, 0.3) is 0 Å². The molecular formula is C54H86O5. The zero-order chi connectivity index (χ0) is 42.8. The van der Waals surface area contributed by atoms with Crippen molar-refractivity contribution in [3.05, 3.63) is 122 Å². The smallest absolute Gasteiger partial charge is 0.306 e. The van der Waals surface area contributed by atoms with Gasteiger partial charge in [-0.25, -0.2) is 0 Å². The van der Waals surface area contributed by atoms with Crippen LogP contribution in [0.3, 0.4) is 0 Å². The normalized spacial score (nSPS) is 13.3. The van der Waals surface area contributed by atoms with E-state index < -0.39 is 6.10 Å². The van der Waals surface area contributed by atoms with Crippen molar-refractivity contribution >= 4 is 11.9 Å². The summed E-state index contributed by atoms with van der Waals surface area (Å²) in [6.45, 7) is 3.92. The molecular weight excluding hydrogens is 729 g/mol. The van der Waals surface area contributed by atoms with Gasteiger partial charge in [0.05, 0.1) is 6.61 Å². The first-order valence-electron chi connectivity index (χ1n) is 23.6. The second-order valence-electron chi connectivity index (χ2n) is 15.1. The molecule has 0 saturated heterocycles. The second-order valence-corrected chi connectivity index (χ2v) is 15.1. The van der Waals surface area contributed by atoms with Crippen molar-refractivity contribution < 1.29 is 24.2 Å². The third-order valence-corrected chi connectivity index (χ3v) is 9.47. The van der Waals surface area contributed by atoms with E-state index in [2.05, 4.69) is 135 Å². The van der Waals surface area contributed by atoms with E-state index in [0.717, 1.165) is 116 Å². The average Bonchev–Trinajstić information content (AvgIpc) is 3.24. The molecule has 0 spiro atoms. The van der Waals surface area contributed by atoms with E-state index in [9.17, 15) is 14.7 Å². The summed E-state index contributed by atoms with van der Waals surface area (Å²) >= 11 is 0. The predicted octanol–water partition coefficient (Wildman–Crippen LogP) is 15.6. The molecule has 1 unspecified atom stereocenters. The number of allylic oxidation sites excluding steroid dienone is 20. The van der Waals surface area contributed by atoms with Crippen LogP contribution >= 0.6 is 0 Å². The lowest BCUT2D eigenvalue weighted by Gasteiger charge is -2.15. The molecule has 0 radical (unpaired) electrons. The minimum absolute atomic E-state index is 0.0819. The van der Waals surface area contributed by atoms with Crippen LogP contribution in [0.1, 0.15) is 187 Å². The van der Waals surface area contributed by atoms with Crippen LogP contribution in [0.5, 0.6) is 0 Å². The van der Waals surface area contributed by atoms with Crippen LogP contribution in [0, 0.1) is 0 Å². The van der Waals surface area contributed by atoms with Gasteiger partial charge in [-0.2, -0.15) is 0 Å². The van der Waals surface area contributed by atoms with Crippen molar-refractivity contribution in [3.8, 4) is 0 Å². The molecule has 0 heterocycles. The van der Waals surface area contributed by atoms with Gasteiger partial charge < -0.3 is 14.6 Å². The number of unbranched alkanes of at least 4 members (excludes halogenated alkanes) is 13. The number of hydrogen-bond acceptors (Lipinski definition) is 5. The maximum Gasteiger partial charge on any atom is 0.306 e. The van der Waals surface area contributed by atoms with Crippen molar-refractivity contribution in [2.45, 2.75) is 193 Å². The summed E-state index contributed by atoms with van der Waals surface area (Å²) in [4.78, 5) is 24.3. The number of esters is 2. The Kier molecular flexibility index (Phi) is 45.6. The number of rotatable bonds is 41. The number of carbonyl (C=O) groups is 2. The van der Waals surface area contributed by atoms with Gasteiger partial charge in [0.25, 0.3) is 0 Å². The Labute approximate surface area is 363 Å². The van der Waals surface area contributed by atoms with E-state index in [1.807, 2.05) is 0 Å². The zero-order valence-electron chi connectivity index (χ0n) is 37.7. The van der Waals surface area contributed by atoms with Crippen LogP contribution in [0.4, 0.5) is 0 Å². The Hall–Kier alpha value is -3.70. The van der Waals surface area contributed by atoms with Gasteiger partial charge in [-0.3, -0.25) is 9.59 Å². The van der Waals surface area contributed by atoms with Crippen molar-refractivity contribution in [2.75, 3.05) is 13.2 Å². The molecule has 1 atom stereocenters. The molecule has 0 aromatic heterocycles. The first-order chi connectivity index (χ1) is 29.1. The first kappa shape index (κ1) is 55.3. The van der Waals surface area contributed by atoms with E-state index in [4.69, 9.17) is 9.47 Å². The number of carbonyl (C=O) groups excluding carboxylic acids is 2. The standard InChI is InChI=1S/C54H86O5/c1-3-5-7-9-11-13-15-16-17-18-19-20-21-22-23-24-25-26-27-28-29-30-31-32-33-34-35-36-37-38-39-41-43-45-47-49-54(57)59-52(50-55)51-58-53(56)48-46-44-42-40-14-12-10-8-6-4-2/h5,7-8,10-11,13,16-17,19-20,22-23,25-26,28-29,31-32,34-35,52,55H,3-4,6,9,12,14-15,18,21,24,27,30,33,36-51H2,1-2H3/b7-5-,10-8-,13-11-,17-16-,20-19-,23-22-,26-25-,29-28-,32-31-,35-34-. The molecule has 0 rings (SSSR count). The van der Waals surface area contributed by atoms with Crippen molar-refractivity contribution in [3.63, 3.8) is 0 Å². The number of aliphatic hydroxyl groups is 1. The lowest BCUT2D eigenvalue weighted by molar-refractivity contribution is -0.161. The molecule has 0 aromatic carbocycles. The Morgan fingerprint density at radius 1 is 0.407 bits per heavy atom. The maximum absolute atomic E-state index is 12.2. The highest BCUT2D eigenvalue weighted by Gasteiger charge is 2.16. The van der Waals surface area contributed by atoms with Gasteiger partial charge in [0.2, 0.25) is 0 Å². The van der Waals surface area contributed by atoms with E-state index in [-0.39, 0.29) is 25.2 Å². The Balaban J connectivity index is 3.63. The third kappa shape index (κ3) is 46.9. The molecule has 0 fully saturated rings. The van der Waals surface area contributed by atoms with Gasteiger partial charge in [0.15, 0.2) is 6.10 Å². The van der Waals surface area contributed by atoms with Crippen LogP contribution < -0.4 is 0 Å². The van der Waals surface area contributed by atoms with Crippen molar-refractivity contribution in [1.82, 2.24) is 0 Å². The maximum atomic E-state index is 12.2. The van der Waals surface area contributed by atoms with Crippen molar-refractivity contribution in [1.29, 1.82) is 0 Å². The molecule has 0 saturated carbocycles. The molecule has 0 amide bonds. The lowest BCUT2D eigenvalue weighted by atomic mass is 10.1. The van der Waals surface area contributed by atoms with Gasteiger partial charge in [0.1, 0.15) is 6.61 Å². The largest absolute Gasteiger partial charge is 0.462 e. The fraction of sp³-hybridized carbons (Fsp3) is 0.593. The molecule has 5 nitrogen and oxygen atoms in total. The summed E-state index contributed by atoms with van der Waals surface area (Å²) in [5.41, 5.74) is 0. The fourth-order valence-electron chi connectivity index (χ4n) is 5.96. The molecule has 5 heteroatoms. The van der Waals surface area contributed by atoms with E-state index >= 15 is 0 Å². The predicted molar refractivity (Wildman–Crippen MR) is 255 cm³/mol. The molecule has 332 valence electrons. The quantitative estimate of drug-likeness (QED) is 0.0378. The summed E-state index contributed by atoms with van der Waals surface area (Å²) in [6, 6.07) is 0. The molecule has 0 aliphatic heterocycles. The van der Waals surface area contributed by atoms with Crippen LogP contribution in [0.15, 0.2) is 122 Å². The number of aliphatic hydroxyl groups excluding tert-OH is 1. The van der Waals surface area contributed by atoms with Gasteiger partial charge in [-0.05, 0) is 103 Å². The highest BCUT2D eigenvalue weighted by Crippen LogP contribution is 2.12.